The quantitative estimate of drug-likeness (QED) is 0.603. The van der Waals surface area contributed by atoms with E-state index in [0.29, 0.717) is 12.5 Å². The van der Waals surface area contributed by atoms with Gasteiger partial charge in [-0.25, -0.2) is 0 Å². The van der Waals surface area contributed by atoms with Crippen LogP contribution in [0.2, 0.25) is 0 Å². The Morgan fingerprint density at radius 2 is 2.27 bits per heavy atom. The van der Waals surface area contributed by atoms with Crippen LogP contribution < -0.4 is 5.32 Å². The number of methoxy groups -OCH3 is 1. The van der Waals surface area contributed by atoms with E-state index in [2.05, 4.69) is 23.9 Å². The predicted octanol–water partition coefficient (Wildman–Crippen LogP) is 0.795. The van der Waals surface area contributed by atoms with Gasteiger partial charge < -0.3 is 10.1 Å². The Balaban J connectivity index is 3.20. The number of hydrogen-bond donors (Lipinski definition) is 1. The first-order chi connectivity index (χ1) is 5.20. The molecule has 3 heteroatoms. The maximum absolute atomic E-state index is 10.6. The first-order valence-corrected chi connectivity index (χ1v) is 3.98. The molecule has 0 aromatic heterocycles. The Hall–Kier alpha value is -0.570. The second-order valence-corrected chi connectivity index (χ2v) is 2.72. The summed E-state index contributed by atoms with van der Waals surface area (Å²) in [6, 6.07) is 0. The van der Waals surface area contributed by atoms with Crippen LogP contribution in [0, 0.1) is 5.92 Å². The Bertz CT molecular complexity index is 115. The normalized spacial score (nSPS) is 12.6. The molecule has 0 radical (unpaired) electrons. The SMILES string of the molecule is CCC(C)CNCC(=O)OC. The molecule has 3 nitrogen and oxygen atoms in total. The van der Waals surface area contributed by atoms with Gasteiger partial charge in [0.15, 0.2) is 0 Å². The molecular formula is C8H17NO2. The van der Waals surface area contributed by atoms with Crippen molar-refractivity contribution in [3.8, 4) is 0 Å². The maximum Gasteiger partial charge on any atom is 0.319 e. The van der Waals surface area contributed by atoms with Gasteiger partial charge in [-0.1, -0.05) is 20.3 Å². The highest BCUT2D eigenvalue weighted by Gasteiger charge is 2.00. The highest BCUT2D eigenvalue weighted by atomic mass is 16.5. The number of esters is 1. The van der Waals surface area contributed by atoms with Crippen LogP contribution in [0.1, 0.15) is 20.3 Å². The molecular weight excluding hydrogens is 142 g/mol. The summed E-state index contributed by atoms with van der Waals surface area (Å²) < 4.78 is 4.46. The van der Waals surface area contributed by atoms with Crippen molar-refractivity contribution in [2.24, 2.45) is 5.92 Å². The van der Waals surface area contributed by atoms with Crippen molar-refractivity contribution in [2.75, 3.05) is 20.2 Å². The molecule has 0 saturated carbocycles. The summed E-state index contributed by atoms with van der Waals surface area (Å²) in [4.78, 5) is 10.6. The fraction of sp³-hybridized carbons (Fsp3) is 0.875. The Morgan fingerprint density at radius 1 is 1.64 bits per heavy atom. The molecule has 0 aliphatic rings. The van der Waals surface area contributed by atoms with E-state index in [1.54, 1.807) is 0 Å². The van der Waals surface area contributed by atoms with E-state index in [-0.39, 0.29) is 5.97 Å². The predicted molar refractivity (Wildman–Crippen MR) is 44.3 cm³/mol. The summed E-state index contributed by atoms with van der Waals surface area (Å²) in [5.74, 6) is 0.424. The van der Waals surface area contributed by atoms with Crippen LogP contribution in [0.25, 0.3) is 0 Å². The van der Waals surface area contributed by atoms with Crippen molar-refractivity contribution in [1.82, 2.24) is 5.32 Å². The fourth-order valence-electron chi connectivity index (χ4n) is 0.637. The molecule has 1 N–H and O–H groups in total. The zero-order valence-electron chi connectivity index (χ0n) is 7.52. The molecule has 0 aliphatic carbocycles. The van der Waals surface area contributed by atoms with Gasteiger partial charge in [0.25, 0.3) is 0 Å². The standard InChI is InChI=1S/C8H17NO2/c1-4-7(2)5-9-6-8(10)11-3/h7,9H,4-6H2,1-3H3. The minimum Gasteiger partial charge on any atom is -0.468 e. The van der Waals surface area contributed by atoms with Gasteiger partial charge in [-0.05, 0) is 12.5 Å². The second-order valence-electron chi connectivity index (χ2n) is 2.72. The van der Waals surface area contributed by atoms with Gasteiger partial charge in [0.05, 0.1) is 13.7 Å². The molecule has 0 heterocycles. The third kappa shape index (κ3) is 5.85. The smallest absolute Gasteiger partial charge is 0.319 e. The lowest BCUT2D eigenvalue weighted by Gasteiger charge is -2.08. The summed E-state index contributed by atoms with van der Waals surface area (Å²) in [5, 5.41) is 3.01. The molecule has 1 atom stereocenters. The summed E-state index contributed by atoms with van der Waals surface area (Å²) in [6.07, 6.45) is 1.13. The van der Waals surface area contributed by atoms with E-state index in [4.69, 9.17) is 0 Å². The maximum atomic E-state index is 10.6. The first kappa shape index (κ1) is 10.4. The molecule has 0 aromatic carbocycles. The summed E-state index contributed by atoms with van der Waals surface area (Å²) >= 11 is 0. The van der Waals surface area contributed by atoms with Crippen molar-refractivity contribution < 1.29 is 9.53 Å². The van der Waals surface area contributed by atoms with Gasteiger partial charge in [-0.15, -0.1) is 0 Å². The minimum absolute atomic E-state index is 0.201. The van der Waals surface area contributed by atoms with Crippen molar-refractivity contribution >= 4 is 5.97 Å². The van der Waals surface area contributed by atoms with Gasteiger partial charge in [-0.3, -0.25) is 4.79 Å². The van der Waals surface area contributed by atoms with E-state index in [1.165, 1.54) is 7.11 Å². The molecule has 66 valence electrons. The molecule has 0 aromatic rings. The highest BCUT2D eigenvalue weighted by molar-refractivity contribution is 5.71. The average molecular weight is 159 g/mol. The van der Waals surface area contributed by atoms with Gasteiger partial charge in [-0.2, -0.15) is 0 Å². The van der Waals surface area contributed by atoms with Crippen LogP contribution in [0.3, 0.4) is 0 Å². The van der Waals surface area contributed by atoms with Gasteiger partial charge in [0, 0.05) is 0 Å². The monoisotopic (exact) mass is 159 g/mol. The highest BCUT2D eigenvalue weighted by Crippen LogP contribution is 1.96. The van der Waals surface area contributed by atoms with E-state index < -0.39 is 0 Å². The topological polar surface area (TPSA) is 38.3 Å². The molecule has 1 unspecified atom stereocenters. The Labute approximate surface area is 68.1 Å². The van der Waals surface area contributed by atoms with Crippen LogP contribution in [0.4, 0.5) is 0 Å². The zero-order valence-corrected chi connectivity index (χ0v) is 7.52. The molecule has 0 bridgehead atoms. The van der Waals surface area contributed by atoms with Gasteiger partial charge in [0.2, 0.25) is 0 Å². The van der Waals surface area contributed by atoms with Crippen LogP contribution in [-0.2, 0) is 9.53 Å². The lowest BCUT2D eigenvalue weighted by atomic mass is 10.1. The van der Waals surface area contributed by atoms with E-state index >= 15 is 0 Å². The largest absolute Gasteiger partial charge is 0.468 e. The van der Waals surface area contributed by atoms with Crippen LogP contribution >= 0.6 is 0 Å². The number of hydrogen-bond acceptors (Lipinski definition) is 3. The minimum atomic E-state index is -0.201. The third-order valence-electron chi connectivity index (χ3n) is 1.69. The zero-order chi connectivity index (χ0) is 8.69. The lowest BCUT2D eigenvalue weighted by Crippen LogP contribution is -2.27. The number of carbonyl (C=O) groups is 1. The van der Waals surface area contributed by atoms with Crippen molar-refractivity contribution in [3.05, 3.63) is 0 Å². The van der Waals surface area contributed by atoms with Crippen molar-refractivity contribution in [3.63, 3.8) is 0 Å². The molecule has 11 heavy (non-hydrogen) atoms. The molecule has 0 amide bonds. The summed E-state index contributed by atoms with van der Waals surface area (Å²) in [5.41, 5.74) is 0. The summed E-state index contributed by atoms with van der Waals surface area (Å²) in [6.45, 7) is 5.47. The van der Waals surface area contributed by atoms with Crippen LogP contribution in [0.15, 0.2) is 0 Å². The van der Waals surface area contributed by atoms with Crippen LogP contribution in [0.5, 0.6) is 0 Å². The molecule has 0 aliphatic heterocycles. The number of ether oxygens (including phenoxy) is 1. The van der Waals surface area contributed by atoms with E-state index in [1.807, 2.05) is 0 Å². The number of rotatable bonds is 5. The lowest BCUT2D eigenvalue weighted by molar-refractivity contribution is -0.139. The van der Waals surface area contributed by atoms with Crippen LogP contribution in [-0.4, -0.2) is 26.2 Å². The van der Waals surface area contributed by atoms with Crippen molar-refractivity contribution in [1.29, 1.82) is 0 Å². The number of nitrogens with one attached hydrogen (secondary N) is 1. The molecule has 0 saturated heterocycles. The van der Waals surface area contributed by atoms with Gasteiger partial charge >= 0.3 is 5.97 Å². The summed E-state index contributed by atoms with van der Waals surface area (Å²) in [7, 11) is 1.40. The first-order valence-electron chi connectivity index (χ1n) is 3.98. The molecule has 0 fully saturated rings. The number of carbonyl (C=O) groups excluding carboxylic acids is 1. The third-order valence-corrected chi connectivity index (χ3v) is 1.69. The van der Waals surface area contributed by atoms with Gasteiger partial charge in [0.1, 0.15) is 0 Å². The van der Waals surface area contributed by atoms with E-state index in [0.717, 1.165) is 13.0 Å². The Kier molecular flexibility index (Phi) is 5.84. The van der Waals surface area contributed by atoms with E-state index in [9.17, 15) is 4.79 Å². The average Bonchev–Trinajstić information content (AvgIpc) is 2.04. The fourth-order valence-corrected chi connectivity index (χ4v) is 0.637. The van der Waals surface area contributed by atoms with Crippen molar-refractivity contribution in [2.45, 2.75) is 20.3 Å². The Morgan fingerprint density at radius 3 is 2.73 bits per heavy atom. The molecule has 0 rings (SSSR count). The molecule has 0 spiro atoms. The second kappa shape index (κ2) is 6.16.